The first kappa shape index (κ1) is 10.2. The number of halogens is 2. The summed E-state index contributed by atoms with van der Waals surface area (Å²) in [6.07, 6.45) is 0.952. The van der Waals surface area contributed by atoms with Gasteiger partial charge in [0.25, 0.3) is 0 Å². The van der Waals surface area contributed by atoms with E-state index in [1.54, 1.807) is 6.07 Å². The molecule has 0 aliphatic carbocycles. The van der Waals surface area contributed by atoms with Crippen LogP contribution in [0.15, 0.2) is 18.2 Å². The molecule has 1 aromatic carbocycles. The predicted molar refractivity (Wildman–Crippen MR) is 57.2 cm³/mol. The molecule has 1 N–H and O–H groups in total. The first-order valence-electron chi connectivity index (χ1n) is 4.55. The summed E-state index contributed by atoms with van der Waals surface area (Å²) < 4.78 is 0. The van der Waals surface area contributed by atoms with Crippen LogP contribution < -0.4 is 0 Å². The molecule has 2 rings (SSSR count). The van der Waals surface area contributed by atoms with Gasteiger partial charge in [0.2, 0.25) is 0 Å². The first-order chi connectivity index (χ1) is 6.65. The summed E-state index contributed by atoms with van der Waals surface area (Å²) in [5, 5.41) is 11.9. The van der Waals surface area contributed by atoms with E-state index < -0.39 is 0 Å². The SMILES string of the molecule is ON1CCC(c2cc(Cl)cc(Cl)c2)C1. The highest BCUT2D eigenvalue weighted by Crippen LogP contribution is 2.30. The Hall–Kier alpha value is -0.280. The van der Waals surface area contributed by atoms with Gasteiger partial charge in [-0.05, 0) is 30.2 Å². The van der Waals surface area contributed by atoms with Gasteiger partial charge in [0, 0.05) is 29.1 Å². The molecule has 14 heavy (non-hydrogen) atoms. The van der Waals surface area contributed by atoms with Gasteiger partial charge >= 0.3 is 0 Å². The van der Waals surface area contributed by atoms with Crippen LogP contribution in [0.4, 0.5) is 0 Å². The fraction of sp³-hybridized carbons (Fsp3) is 0.400. The maximum absolute atomic E-state index is 9.27. The van der Waals surface area contributed by atoms with Crippen LogP contribution in [-0.4, -0.2) is 23.4 Å². The number of hydrogen-bond donors (Lipinski definition) is 1. The molecule has 0 aromatic heterocycles. The number of hydrogen-bond acceptors (Lipinski definition) is 2. The fourth-order valence-electron chi connectivity index (χ4n) is 1.82. The monoisotopic (exact) mass is 231 g/mol. The Morgan fingerprint density at radius 2 is 1.86 bits per heavy atom. The average Bonchev–Trinajstić information content (AvgIpc) is 2.50. The smallest absolute Gasteiger partial charge is 0.0423 e. The highest BCUT2D eigenvalue weighted by Gasteiger charge is 2.22. The molecule has 1 aromatic rings. The molecule has 2 nitrogen and oxygen atoms in total. The predicted octanol–water partition coefficient (Wildman–Crippen LogP) is 3.17. The molecular formula is C10H11Cl2NO. The van der Waals surface area contributed by atoms with Gasteiger partial charge in [0.15, 0.2) is 0 Å². The summed E-state index contributed by atoms with van der Waals surface area (Å²) in [7, 11) is 0. The molecule has 76 valence electrons. The highest BCUT2D eigenvalue weighted by molar-refractivity contribution is 6.34. The molecule has 4 heteroatoms. The second kappa shape index (κ2) is 4.07. The van der Waals surface area contributed by atoms with E-state index in [9.17, 15) is 5.21 Å². The number of rotatable bonds is 1. The maximum atomic E-state index is 9.27. The van der Waals surface area contributed by atoms with Crippen LogP contribution in [0.5, 0.6) is 0 Å². The molecule has 0 bridgehead atoms. The third-order valence-corrected chi connectivity index (χ3v) is 2.96. The number of hydroxylamine groups is 2. The second-order valence-corrected chi connectivity index (χ2v) is 4.47. The van der Waals surface area contributed by atoms with Crippen LogP contribution in [0.2, 0.25) is 10.0 Å². The summed E-state index contributed by atoms with van der Waals surface area (Å²) in [6.45, 7) is 1.38. The first-order valence-corrected chi connectivity index (χ1v) is 5.30. The Labute approximate surface area is 93.0 Å². The summed E-state index contributed by atoms with van der Waals surface area (Å²) in [6, 6.07) is 5.55. The van der Waals surface area contributed by atoms with E-state index in [4.69, 9.17) is 23.2 Å². The highest BCUT2D eigenvalue weighted by atomic mass is 35.5. The minimum Gasteiger partial charge on any atom is -0.314 e. The summed E-state index contributed by atoms with van der Waals surface area (Å²) in [5.74, 6) is 0.344. The standard InChI is InChI=1S/C10H11Cl2NO/c11-9-3-8(4-10(12)5-9)7-1-2-13(14)6-7/h3-5,7,14H,1-2,6H2. The third-order valence-electron chi connectivity index (χ3n) is 2.52. The van der Waals surface area contributed by atoms with E-state index >= 15 is 0 Å². The molecule has 1 fully saturated rings. The molecule has 1 heterocycles. The van der Waals surface area contributed by atoms with E-state index in [0.29, 0.717) is 22.5 Å². The second-order valence-electron chi connectivity index (χ2n) is 3.60. The Kier molecular flexibility index (Phi) is 2.98. The molecule has 1 aliphatic heterocycles. The molecule has 0 spiro atoms. The quantitative estimate of drug-likeness (QED) is 0.803. The van der Waals surface area contributed by atoms with Gasteiger partial charge in [-0.2, -0.15) is 5.06 Å². The van der Waals surface area contributed by atoms with Crippen molar-refractivity contribution in [2.24, 2.45) is 0 Å². The van der Waals surface area contributed by atoms with Crippen LogP contribution in [0.1, 0.15) is 17.9 Å². The Morgan fingerprint density at radius 1 is 1.21 bits per heavy atom. The van der Waals surface area contributed by atoms with Gasteiger partial charge in [-0.3, -0.25) is 0 Å². The third kappa shape index (κ3) is 2.20. The summed E-state index contributed by atoms with van der Waals surface area (Å²) in [5.41, 5.74) is 1.11. The minimum atomic E-state index is 0.344. The van der Waals surface area contributed by atoms with Crippen molar-refractivity contribution in [3.05, 3.63) is 33.8 Å². The molecule has 0 saturated carbocycles. The molecular weight excluding hydrogens is 221 g/mol. The zero-order chi connectivity index (χ0) is 10.1. The largest absolute Gasteiger partial charge is 0.314 e. The van der Waals surface area contributed by atoms with Crippen molar-refractivity contribution in [1.82, 2.24) is 5.06 Å². The van der Waals surface area contributed by atoms with Crippen molar-refractivity contribution in [2.75, 3.05) is 13.1 Å². The molecule has 1 atom stereocenters. The zero-order valence-corrected chi connectivity index (χ0v) is 9.09. The Balaban J connectivity index is 2.23. The molecule has 1 unspecified atom stereocenters. The lowest BCUT2D eigenvalue weighted by Crippen LogP contribution is -2.14. The molecule has 1 saturated heterocycles. The van der Waals surface area contributed by atoms with Gasteiger partial charge in [-0.1, -0.05) is 23.2 Å². The Bertz CT molecular complexity index is 323. The van der Waals surface area contributed by atoms with E-state index in [-0.39, 0.29) is 0 Å². The maximum Gasteiger partial charge on any atom is 0.0423 e. The Morgan fingerprint density at radius 3 is 2.36 bits per heavy atom. The van der Waals surface area contributed by atoms with Crippen molar-refractivity contribution < 1.29 is 5.21 Å². The molecule has 1 aliphatic rings. The normalized spacial score (nSPS) is 22.9. The number of nitrogens with zero attached hydrogens (tertiary/aromatic N) is 1. The lowest BCUT2D eigenvalue weighted by molar-refractivity contribution is -0.0691. The lowest BCUT2D eigenvalue weighted by atomic mass is 9.99. The molecule has 0 radical (unpaired) electrons. The van der Waals surface area contributed by atoms with Crippen molar-refractivity contribution in [3.63, 3.8) is 0 Å². The zero-order valence-electron chi connectivity index (χ0n) is 7.58. The van der Waals surface area contributed by atoms with Crippen LogP contribution in [0, 0.1) is 0 Å². The van der Waals surface area contributed by atoms with Gasteiger partial charge in [0.05, 0.1) is 0 Å². The van der Waals surface area contributed by atoms with E-state index in [1.165, 1.54) is 5.06 Å². The van der Waals surface area contributed by atoms with Crippen molar-refractivity contribution >= 4 is 23.2 Å². The van der Waals surface area contributed by atoms with E-state index in [0.717, 1.165) is 18.5 Å². The van der Waals surface area contributed by atoms with E-state index in [2.05, 4.69) is 0 Å². The summed E-state index contributed by atoms with van der Waals surface area (Å²) in [4.78, 5) is 0. The number of benzene rings is 1. The topological polar surface area (TPSA) is 23.5 Å². The van der Waals surface area contributed by atoms with Crippen molar-refractivity contribution in [1.29, 1.82) is 0 Å². The van der Waals surface area contributed by atoms with Gasteiger partial charge in [-0.25, -0.2) is 0 Å². The van der Waals surface area contributed by atoms with Crippen LogP contribution in [0.3, 0.4) is 0 Å². The lowest BCUT2D eigenvalue weighted by Gasteiger charge is -2.10. The van der Waals surface area contributed by atoms with Crippen LogP contribution >= 0.6 is 23.2 Å². The van der Waals surface area contributed by atoms with Gasteiger partial charge in [0.1, 0.15) is 0 Å². The fourth-order valence-corrected chi connectivity index (χ4v) is 2.37. The van der Waals surface area contributed by atoms with Crippen LogP contribution in [0.25, 0.3) is 0 Å². The molecule has 0 amide bonds. The average molecular weight is 232 g/mol. The van der Waals surface area contributed by atoms with Gasteiger partial charge in [-0.15, -0.1) is 0 Å². The van der Waals surface area contributed by atoms with E-state index in [1.807, 2.05) is 12.1 Å². The minimum absolute atomic E-state index is 0.344. The van der Waals surface area contributed by atoms with Crippen molar-refractivity contribution in [3.8, 4) is 0 Å². The van der Waals surface area contributed by atoms with Crippen LogP contribution in [-0.2, 0) is 0 Å². The van der Waals surface area contributed by atoms with Crippen molar-refractivity contribution in [2.45, 2.75) is 12.3 Å². The van der Waals surface area contributed by atoms with Gasteiger partial charge < -0.3 is 5.21 Å². The summed E-state index contributed by atoms with van der Waals surface area (Å²) >= 11 is 11.8.